The molecular weight excluding hydrogens is 246 g/mol. The molecule has 4 heteroatoms. The Hall–Kier alpha value is -0.870. The third kappa shape index (κ3) is 3.82. The van der Waals surface area contributed by atoms with Gasteiger partial charge in [-0.05, 0) is 50.7 Å². The Bertz CT molecular complexity index is 356. The summed E-state index contributed by atoms with van der Waals surface area (Å²) < 4.78 is 5.08. The third-order valence-electron chi connectivity index (χ3n) is 3.46. The van der Waals surface area contributed by atoms with Gasteiger partial charge in [-0.15, -0.1) is 11.3 Å². The molecule has 0 aliphatic carbocycles. The minimum Gasteiger partial charge on any atom is -0.466 e. The summed E-state index contributed by atoms with van der Waals surface area (Å²) in [7, 11) is 0. The average Bonchev–Trinajstić information content (AvgIpc) is 2.90. The summed E-state index contributed by atoms with van der Waals surface area (Å²) >= 11 is 1.82. The zero-order chi connectivity index (χ0) is 12.8. The lowest BCUT2D eigenvalue weighted by atomic mass is 9.97. The molecule has 0 atom stereocenters. The molecule has 0 N–H and O–H groups in total. The summed E-state index contributed by atoms with van der Waals surface area (Å²) in [5.74, 6) is 0.123. The molecule has 100 valence electrons. The number of rotatable bonds is 5. The highest BCUT2D eigenvalue weighted by Crippen LogP contribution is 2.19. The number of nitrogens with zero attached hydrogens (tertiary/aromatic N) is 1. The van der Waals surface area contributed by atoms with Crippen molar-refractivity contribution in [3.63, 3.8) is 0 Å². The Labute approximate surface area is 113 Å². The van der Waals surface area contributed by atoms with Crippen molar-refractivity contribution in [2.45, 2.75) is 26.2 Å². The SMILES string of the molecule is CCOC(=O)C1CCN(CCc2cccs2)CC1. The van der Waals surface area contributed by atoms with Gasteiger partial charge in [-0.2, -0.15) is 0 Å². The van der Waals surface area contributed by atoms with Gasteiger partial charge in [0, 0.05) is 11.4 Å². The van der Waals surface area contributed by atoms with Crippen LogP contribution in [0.5, 0.6) is 0 Å². The van der Waals surface area contributed by atoms with Gasteiger partial charge in [-0.1, -0.05) is 6.07 Å². The highest BCUT2D eigenvalue weighted by molar-refractivity contribution is 7.09. The Balaban J connectivity index is 1.68. The molecule has 3 nitrogen and oxygen atoms in total. The number of piperidine rings is 1. The maximum atomic E-state index is 11.6. The first-order valence-electron chi connectivity index (χ1n) is 6.71. The second kappa shape index (κ2) is 6.90. The van der Waals surface area contributed by atoms with Crippen LogP contribution in [-0.4, -0.2) is 37.1 Å². The number of thiophene rings is 1. The molecule has 2 rings (SSSR count). The van der Waals surface area contributed by atoms with Crippen LogP contribution in [0.1, 0.15) is 24.6 Å². The molecule has 0 amide bonds. The molecule has 1 fully saturated rings. The molecule has 18 heavy (non-hydrogen) atoms. The van der Waals surface area contributed by atoms with Crippen molar-refractivity contribution in [3.05, 3.63) is 22.4 Å². The van der Waals surface area contributed by atoms with Crippen molar-refractivity contribution in [1.82, 2.24) is 4.90 Å². The van der Waals surface area contributed by atoms with Crippen LogP contribution in [0.15, 0.2) is 17.5 Å². The van der Waals surface area contributed by atoms with Gasteiger partial charge in [0.1, 0.15) is 0 Å². The monoisotopic (exact) mass is 267 g/mol. The van der Waals surface area contributed by atoms with E-state index in [2.05, 4.69) is 22.4 Å². The molecule has 0 aromatic carbocycles. The van der Waals surface area contributed by atoms with Gasteiger partial charge in [0.2, 0.25) is 0 Å². The highest BCUT2D eigenvalue weighted by atomic mass is 32.1. The lowest BCUT2D eigenvalue weighted by Gasteiger charge is -2.30. The third-order valence-corrected chi connectivity index (χ3v) is 4.40. The van der Waals surface area contributed by atoms with Crippen LogP contribution in [0.25, 0.3) is 0 Å². The van der Waals surface area contributed by atoms with E-state index in [0.717, 1.165) is 38.9 Å². The predicted molar refractivity (Wildman–Crippen MR) is 73.8 cm³/mol. The van der Waals surface area contributed by atoms with Crippen molar-refractivity contribution in [2.75, 3.05) is 26.2 Å². The van der Waals surface area contributed by atoms with Crippen molar-refractivity contribution in [3.8, 4) is 0 Å². The smallest absolute Gasteiger partial charge is 0.309 e. The second-order valence-corrected chi connectivity index (χ2v) is 5.73. The summed E-state index contributed by atoms with van der Waals surface area (Å²) in [5, 5.41) is 2.13. The largest absolute Gasteiger partial charge is 0.466 e. The number of hydrogen-bond donors (Lipinski definition) is 0. The molecule has 2 heterocycles. The van der Waals surface area contributed by atoms with Crippen molar-refractivity contribution < 1.29 is 9.53 Å². The number of carbonyl (C=O) groups is 1. The van der Waals surface area contributed by atoms with E-state index in [9.17, 15) is 4.79 Å². The lowest BCUT2D eigenvalue weighted by molar-refractivity contribution is -0.149. The molecular formula is C14H21NO2S. The fourth-order valence-electron chi connectivity index (χ4n) is 2.38. The van der Waals surface area contributed by atoms with Crippen molar-refractivity contribution in [2.24, 2.45) is 5.92 Å². The molecule has 1 aliphatic rings. The first kappa shape index (κ1) is 13.6. The normalized spacial score (nSPS) is 17.8. The molecule has 1 saturated heterocycles. The van der Waals surface area contributed by atoms with Crippen LogP contribution >= 0.6 is 11.3 Å². The second-order valence-electron chi connectivity index (χ2n) is 4.70. The first-order valence-corrected chi connectivity index (χ1v) is 7.59. The summed E-state index contributed by atoms with van der Waals surface area (Å²) in [5.41, 5.74) is 0. The molecule has 1 aromatic heterocycles. The number of hydrogen-bond acceptors (Lipinski definition) is 4. The Morgan fingerprint density at radius 2 is 2.28 bits per heavy atom. The van der Waals surface area contributed by atoms with Crippen LogP contribution in [0.4, 0.5) is 0 Å². The van der Waals surface area contributed by atoms with E-state index >= 15 is 0 Å². The molecule has 0 saturated carbocycles. The van der Waals surface area contributed by atoms with E-state index in [1.807, 2.05) is 18.3 Å². The van der Waals surface area contributed by atoms with Gasteiger partial charge in [0.05, 0.1) is 12.5 Å². The molecule has 0 bridgehead atoms. The van der Waals surface area contributed by atoms with E-state index < -0.39 is 0 Å². The molecule has 0 unspecified atom stereocenters. The van der Waals surface area contributed by atoms with Crippen LogP contribution in [0.2, 0.25) is 0 Å². The molecule has 1 aliphatic heterocycles. The topological polar surface area (TPSA) is 29.5 Å². The summed E-state index contributed by atoms with van der Waals surface area (Å²) in [6.45, 7) is 5.52. The lowest BCUT2D eigenvalue weighted by Crippen LogP contribution is -2.37. The Kier molecular flexibility index (Phi) is 5.20. The van der Waals surface area contributed by atoms with E-state index in [1.54, 1.807) is 0 Å². The molecule has 0 radical (unpaired) electrons. The van der Waals surface area contributed by atoms with Gasteiger partial charge in [-0.3, -0.25) is 4.79 Å². The summed E-state index contributed by atoms with van der Waals surface area (Å²) in [6.07, 6.45) is 3.02. The standard InChI is InChI=1S/C14H21NO2S/c1-2-17-14(16)12-5-8-15(9-6-12)10-7-13-4-3-11-18-13/h3-4,11-12H,2,5-10H2,1H3. The molecule has 1 aromatic rings. The number of carbonyl (C=O) groups excluding carboxylic acids is 1. The van der Waals surface area contributed by atoms with Crippen molar-refractivity contribution >= 4 is 17.3 Å². The van der Waals surface area contributed by atoms with Gasteiger partial charge in [0.25, 0.3) is 0 Å². The predicted octanol–water partition coefficient (Wildman–Crippen LogP) is 2.57. The van der Waals surface area contributed by atoms with Crippen molar-refractivity contribution in [1.29, 1.82) is 0 Å². The van der Waals surface area contributed by atoms with Crippen LogP contribution < -0.4 is 0 Å². The number of ether oxygens (including phenoxy) is 1. The zero-order valence-corrected chi connectivity index (χ0v) is 11.7. The minimum absolute atomic E-state index is 0.00425. The van der Waals surface area contributed by atoms with Crippen LogP contribution in [-0.2, 0) is 16.0 Å². The highest BCUT2D eigenvalue weighted by Gasteiger charge is 2.25. The summed E-state index contributed by atoms with van der Waals surface area (Å²) in [6, 6.07) is 4.29. The van der Waals surface area contributed by atoms with Gasteiger partial charge >= 0.3 is 5.97 Å². The maximum absolute atomic E-state index is 11.6. The molecule has 0 spiro atoms. The minimum atomic E-state index is -0.00425. The van der Waals surface area contributed by atoms with Gasteiger partial charge < -0.3 is 9.64 Å². The quantitative estimate of drug-likeness (QED) is 0.768. The van der Waals surface area contributed by atoms with E-state index in [1.165, 1.54) is 4.88 Å². The van der Waals surface area contributed by atoms with Gasteiger partial charge in [0.15, 0.2) is 0 Å². The fourth-order valence-corrected chi connectivity index (χ4v) is 3.07. The van der Waals surface area contributed by atoms with Gasteiger partial charge in [-0.25, -0.2) is 0 Å². The Morgan fingerprint density at radius 3 is 2.89 bits per heavy atom. The summed E-state index contributed by atoms with van der Waals surface area (Å²) in [4.78, 5) is 15.5. The number of likely N-dealkylation sites (tertiary alicyclic amines) is 1. The Morgan fingerprint density at radius 1 is 1.50 bits per heavy atom. The maximum Gasteiger partial charge on any atom is 0.309 e. The van der Waals surface area contributed by atoms with E-state index in [0.29, 0.717) is 6.61 Å². The first-order chi connectivity index (χ1) is 8.79. The van der Waals surface area contributed by atoms with Crippen LogP contribution in [0.3, 0.4) is 0 Å². The van der Waals surface area contributed by atoms with E-state index in [-0.39, 0.29) is 11.9 Å². The zero-order valence-electron chi connectivity index (χ0n) is 10.9. The number of esters is 1. The fraction of sp³-hybridized carbons (Fsp3) is 0.643. The van der Waals surface area contributed by atoms with E-state index in [4.69, 9.17) is 4.74 Å². The van der Waals surface area contributed by atoms with Crippen LogP contribution in [0, 0.1) is 5.92 Å². The average molecular weight is 267 g/mol.